The maximum absolute atomic E-state index is 9.68. The molecule has 0 radical (unpaired) electrons. The number of benzene rings is 1. The number of ether oxygens (including phenoxy) is 1. The van der Waals surface area contributed by atoms with Crippen molar-refractivity contribution >= 4 is 0 Å². The standard InChI is InChI=1S/C14H20O2/c1-10-8-13(9-11(2)12(10)3)16-7-6-14(15)4-5-14/h8-9,15H,4-7H2,1-3H3. The summed E-state index contributed by atoms with van der Waals surface area (Å²) in [4.78, 5) is 0. The van der Waals surface area contributed by atoms with Gasteiger partial charge in [-0.15, -0.1) is 0 Å². The van der Waals surface area contributed by atoms with Gasteiger partial charge in [-0.25, -0.2) is 0 Å². The van der Waals surface area contributed by atoms with Gasteiger partial charge in [-0.3, -0.25) is 0 Å². The molecule has 1 aromatic rings. The third-order valence-electron chi connectivity index (χ3n) is 3.56. The van der Waals surface area contributed by atoms with Crippen molar-refractivity contribution in [1.29, 1.82) is 0 Å². The summed E-state index contributed by atoms with van der Waals surface area (Å²) in [6, 6.07) is 4.14. The maximum atomic E-state index is 9.68. The first-order valence-electron chi connectivity index (χ1n) is 5.93. The van der Waals surface area contributed by atoms with Crippen LogP contribution in [0.3, 0.4) is 0 Å². The van der Waals surface area contributed by atoms with Gasteiger partial charge >= 0.3 is 0 Å². The molecular weight excluding hydrogens is 200 g/mol. The predicted molar refractivity (Wildman–Crippen MR) is 64.9 cm³/mol. The van der Waals surface area contributed by atoms with Gasteiger partial charge in [0.25, 0.3) is 0 Å². The molecule has 0 aromatic heterocycles. The summed E-state index contributed by atoms with van der Waals surface area (Å²) >= 11 is 0. The highest BCUT2D eigenvalue weighted by molar-refractivity contribution is 5.40. The molecule has 2 rings (SSSR count). The Kier molecular flexibility index (Phi) is 2.94. The summed E-state index contributed by atoms with van der Waals surface area (Å²) < 4.78 is 5.68. The first kappa shape index (κ1) is 11.5. The summed E-state index contributed by atoms with van der Waals surface area (Å²) in [6.07, 6.45) is 2.61. The zero-order chi connectivity index (χ0) is 11.8. The number of hydrogen-bond donors (Lipinski definition) is 1. The van der Waals surface area contributed by atoms with Crippen molar-refractivity contribution in [2.75, 3.05) is 6.61 Å². The van der Waals surface area contributed by atoms with Gasteiger partial charge in [0, 0.05) is 6.42 Å². The van der Waals surface area contributed by atoms with Crippen LogP contribution in [0.25, 0.3) is 0 Å². The molecular formula is C14H20O2. The highest BCUT2D eigenvalue weighted by atomic mass is 16.5. The molecule has 88 valence electrons. The fourth-order valence-corrected chi connectivity index (χ4v) is 1.83. The fourth-order valence-electron chi connectivity index (χ4n) is 1.83. The van der Waals surface area contributed by atoms with Crippen molar-refractivity contribution in [2.24, 2.45) is 0 Å². The third kappa shape index (κ3) is 2.56. The predicted octanol–water partition coefficient (Wildman–Crippen LogP) is 2.91. The zero-order valence-corrected chi connectivity index (χ0v) is 10.3. The molecule has 0 aliphatic heterocycles. The highest BCUT2D eigenvalue weighted by Gasteiger charge is 2.39. The Balaban J connectivity index is 1.94. The van der Waals surface area contributed by atoms with Crippen LogP contribution in [-0.4, -0.2) is 17.3 Å². The first-order valence-corrected chi connectivity index (χ1v) is 5.93. The molecule has 0 bridgehead atoms. The van der Waals surface area contributed by atoms with E-state index in [4.69, 9.17) is 4.74 Å². The minimum absolute atomic E-state index is 0.408. The van der Waals surface area contributed by atoms with Crippen LogP contribution in [0.1, 0.15) is 36.0 Å². The summed E-state index contributed by atoms with van der Waals surface area (Å²) in [5, 5.41) is 9.68. The van der Waals surface area contributed by atoms with E-state index in [0.29, 0.717) is 6.61 Å². The van der Waals surface area contributed by atoms with E-state index in [-0.39, 0.29) is 0 Å². The van der Waals surface area contributed by atoms with Crippen molar-refractivity contribution in [3.8, 4) is 5.75 Å². The number of rotatable bonds is 4. The molecule has 2 heteroatoms. The lowest BCUT2D eigenvalue weighted by Gasteiger charge is -2.12. The molecule has 16 heavy (non-hydrogen) atoms. The summed E-state index contributed by atoms with van der Waals surface area (Å²) in [6.45, 7) is 6.94. The van der Waals surface area contributed by atoms with Gasteiger partial charge in [0.2, 0.25) is 0 Å². The first-order chi connectivity index (χ1) is 7.50. The summed E-state index contributed by atoms with van der Waals surface area (Å²) in [7, 11) is 0. The van der Waals surface area contributed by atoms with Crippen LogP contribution in [0.15, 0.2) is 12.1 Å². The second-order valence-electron chi connectivity index (χ2n) is 5.00. The minimum atomic E-state index is -0.408. The second-order valence-corrected chi connectivity index (χ2v) is 5.00. The van der Waals surface area contributed by atoms with E-state index in [1.165, 1.54) is 16.7 Å². The Hall–Kier alpha value is -1.02. The van der Waals surface area contributed by atoms with Crippen molar-refractivity contribution in [2.45, 2.75) is 45.6 Å². The van der Waals surface area contributed by atoms with Crippen LogP contribution in [-0.2, 0) is 0 Å². The molecule has 1 aromatic carbocycles. The number of aliphatic hydroxyl groups is 1. The average molecular weight is 220 g/mol. The van der Waals surface area contributed by atoms with E-state index in [1.807, 2.05) is 0 Å². The van der Waals surface area contributed by atoms with Crippen molar-refractivity contribution in [3.63, 3.8) is 0 Å². The van der Waals surface area contributed by atoms with Gasteiger partial charge in [0.05, 0.1) is 12.2 Å². The van der Waals surface area contributed by atoms with Crippen molar-refractivity contribution in [3.05, 3.63) is 28.8 Å². The van der Waals surface area contributed by atoms with Gasteiger partial charge in [0.1, 0.15) is 5.75 Å². The van der Waals surface area contributed by atoms with Gasteiger partial charge in [-0.2, -0.15) is 0 Å². The van der Waals surface area contributed by atoms with Crippen LogP contribution in [0, 0.1) is 20.8 Å². The average Bonchev–Trinajstić information content (AvgIpc) is 2.93. The highest BCUT2D eigenvalue weighted by Crippen LogP contribution is 2.38. The molecule has 1 saturated carbocycles. The van der Waals surface area contributed by atoms with Gasteiger partial charge in [0.15, 0.2) is 0 Å². The summed E-state index contributed by atoms with van der Waals surface area (Å²) in [5.41, 5.74) is 3.45. The lowest BCUT2D eigenvalue weighted by Crippen LogP contribution is -2.12. The van der Waals surface area contributed by atoms with E-state index in [9.17, 15) is 5.11 Å². The zero-order valence-electron chi connectivity index (χ0n) is 10.3. The van der Waals surface area contributed by atoms with E-state index in [1.54, 1.807) is 0 Å². The third-order valence-corrected chi connectivity index (χ3v) is 3.56. The SMILES string of the molecule is Cc1cc(OCCC2(O)CC2)cc(C)c1C. The van der Waals surface area contributed by atoms with Gasteiger partial charge < -0.3 is 9.84 Å². The molecule has 0 amide bonds. The second kappa shape index (κ2) is 4.10. The molecule has 0 spiro atoms. The molecule has 1 aliphatic rings. The van der Waals surface area contributed by atoms with Gasteiger partial charge in [-0.05, 0) is 62.4 Å². The van der Waals surface area contributed by atoms with Gasteiger partial charge in [-0.1, -0.05) is 0 Å². The fraction of sp³-hybridized carbons (Fsp3) is 0.571. The Morgan fingerprint density at radius 2 is 1.75 bits per heavy atom. The number of aryl methyl sites for hydroxylation is 2. The minimum Gasteiger partial charge on any atom is -0.493 e. The molecule has 1 aliphatic carbocycles. The van der Waals surface area contributed by atoms with E-state index < -0.39 is 5.60 Å². The quantitative estimate of drug-likeness (QED) is 0.845. The lowest BCUT2D eigenvalue weighted by atomic mass is 10.0. The Morgan fingerprint density at radius 3 is 2.25 bits per heavy atom. The smallest absolute Gasteiger partial charge is 0.119 e. The van der Waals surface area contributed by atoms with E-state index >= 15 is 0 Å². The molecule has 0 saturated heterocycles. The molecule has 1 fully saturated rings. The topological polar surface area (TPSA) is 29.5 Å². The molecule has 1 N–H and O–H groups in total. The van der Waals surface area contributed by atoms with E-state index in [0.717, 1.165) is 25.0 Å². The van der Waals surface area contributed by atoms with Crippen LogP contribution in [0.4, 0.5) is 0 Å². The Morgan fingerprint density at radius 1 is 1.19 bits per heavy atom. The lowest BCUT2D eigenvalue weighted by molar-refractivity contribution is 0.117. The molecule has 2 nitrogen and oxygen atoms in total. The monoisotopic (exact) mass is 220 g/mol. The largest absolute Gasteiger partial charge is 0.493 e. The molecule has 0 unspecified atom stereocenters. The van der Waals surface area contributed by atoms with Crippen molar-refractivity contribution < 1.29 is 9.84 Å². The maximum Gasteiger partial charge on any atom is 0.119 e. The molecule has 0 atom stereocenters. The Labute approximate surface area is 97.3 Å². The van der Waals surface area contributed by atoms with Crippen LogP contribution in [0.5, 0.6) is 5.75 Å². The molecule has 0 heterocycles. The summed E-state index contributed by atoms with van der Waals surface area (Å²) in [5.74, 6) is 0.921. The normalized spacial score (nSPS) is 17.2. The van der Waals surface area contributed by atoms with Crippen LogP contribution >= 0.6 is 0 Å². The van der Waals surface area contributed by atoms with Crippen LogP contribution in [0.2, 0.25) is 0 Å². The Bertz CT molecular complexity index is 369. The van der Waals surface area contributed by atoms with Crippen molar-refractivity contribution in [1.82, 2.24) is 0 Å². The number of hydrogen-bond acceptors (Lipinski definition) is 2. The van der Waals surface area contributed by atoms with Crippen LogP contribution < -0.4 is 4.74 Å². The van der Waals surface area contributed by atoms with E-state index in [2.05, 4.69) is 32.9 Å².